The first-order valence-corrected chi connectivity index (χ1v) is 8.27. The standard InChI is InChI=1S/C21H22N2/c22-18-21(19-10-3-1-4-11-19,20-12-5-2-6-13-20)14-9-17-23-15-7-8-16-23/h1-6,9-14H,7-8,15-17H2/b14-9+. The van der Waals surface area contributed by atoms with Gasteiger partial charge >= 0.3 is 0 Å². The minimum Gasteiger partial charge on any atom is -0.300 e. The molecule has 3 rings (SSSR count). The van der Waals surface area contributed by atoms with Gasteiger partial charge in [-0.3, -0.25) is 4.90 Å². The van der Waals surface area contributed by atoms with Gasteiger partial charge in [0, 0.05) is 6.54 Å². The maximum absolute atomic E-state index is 10.1. The Morgan fingerprint density at radius 1 is 0.913 bits per heavy atom. The van der Waals surface area contributed by atoms with Crippen LogP contribution in [-0.2, 0) is 5.41 Å². The highest BCUT2D eigenvalue weighted by Gasteiger charge is 2.31. The molecule has 0 aromatic heterocycles. The smallest absolute Gasteiger partial charge is 0.125 e. The molecule has 0 amide bonds. The monoisotopic (exact) mass is 302 g/mol. The molecule has 2 aromatic carbocycles. The summed E-state index contributed by atoms with van der Waals surface area (Å²) in [5, 5.41) is 10.1. The zero-order valence-electron chi connectivity index (χ0n) is 13.4. The molecule has 2 heteroatoms. The first-order chi connectivity index (χ1) is 11.3. The minimum absolute atomic E-state index is 0.720. The van der Waals surface area contributed by atoms with Crippen molar-refractivity contribution in [1.82, 2.24) is 4.90 Å². The fourth-order valence-corrected chi connectivity index (χ4v) is 3.27. The van der Waals surface area contributed by atoms with E-state index in [1.54, 1.807) is 0 Å². The average molecular weight is 302 g/mol. The van der Waals surface area contributed by atoms with E-state index in [4.69, 9.17) is 0 Å². The normalized spacial score (nSPS) is 15.8. The Morgan fingerprint density at radius 3 is 1.91 bits per heavy atom. The molecule has 0 atom stereocenters. The van der Waals surface area contributed by atoms with Crippen molar-refractivity contribution in [1.29, 1.82) is 5.26 Å². The molecule has 1 fully saturated rings. The van der Waals surface area contributed by atoms with Crippen molar-refractivity contribution in [2.75, 3.05) is 19.6 Å². The molecule has 1 aliphatic rings. The van der Waals surface area contributed by atoms with E-state index in [0.29, 0.717) is 0 Å². The van der Waals surface area contributed by atoms with Gasteiger partial charge in [-0.05, 0) is 37.1 Å². The molecule has 1 aliphatic heterocycles. The second-order valence-electron chi connectivity index (χ2n) is 6.06. The predicted octanol–water partition coefficient (Wildman–Crippen LogP) is 4.15. The summed E-state index contributed by atoms with van der Waals surface area (Å²) in [7, 11) is 0. The number of nitriles is 1. The molecule has 0 unspecified atom stereocenters. The molecule has 0 N–H and O–H groups in total. The molecule has 0 bridgehead atoms. The summed E-state index contributed by atoms with van der Waals surface area (Å²) in [5.74, 6) is 0. The third-order valence-corrected chi connectivity index (χ3v) is 4.56. The number of benzene rings is 2. The molecular weight excluding hydrogens is 280 g/mol. The van der Waals surface area contributed by atoms with Crippen LogP contribution < -0.4 is 0 Å². The molecule has 0 saturated carbocycles. The van der Waals surface area contributed by atoms with Crippen molar-refractivity contribution in [3.8, 4) is 6.07 Å². The number of nitrogens with zero attached hydrogens (tertiary/aromatic N) is 2. The lowest BCUT2D eigenvalue weighted by Crippen LogP contribution is -2.24. The van der Waals surface area contributed by atoms with Crippen molar-refractivity contribution in [2.45, 2.75) is 18.3 Å². The van der Waals surface area contributed by atoms with E-state index < -0.39 is 5.41 Å². The zero-order chi connectivity index (χ0) is 16.0. The van der Waals surface area contributed by atoms with E-state index >= 15 is 0 Å². The first-order valence-electron chi connectivity index (χ1n) is 8.27. The molecule has 1 heterocycles. The van der Waals surface area contributed by atoms with Gasteiger partial charge < -0.3 is 0 Å². The van der Waals surface area contributed by atoms with Crippen LogP contribution in [0.2, 0.25) is 0 Å². The molecule has 0 spiro atoms. The molecule has 2 aromatic rings. The Balaban J connectivity index is 1.96. The summed E-state index contributed by atoms with van der Waals surface area (Å²) in [6.45, 7) is 3.25. The zero-order valence-corrected chi connectivity index (χ0v) is 13.4. The number of likely N-dealkylation sites (tertiary alicyclic amines) is 1. The third-order valence-electron chi connectivity index (χ3n) is 4.56. The highest BCUT2D eigenvalue weighted by Crippen LogP contribution is 2.33. The van der Waals surface area contributed by atoms with Crippen molar-refractivity contribution < 1.29 is 0 Å². The largest absolute Gasteiger partial charge is 0.300 e. The summed E-state index contributed by atoms with van der Waals surface area (Å²) in [4.78, 5) is 2.44. The van der Waals surface area contributed by atoms with Crippen molar-refractivity contribution in [2.24, 2.45) is 0 Å². The van der Waals surface area contributed by atoms with Gasteiger partial charge in [-0.2, -0.15) is 5.26 Å². The van der Waals surface area contributed by atoms with Gasteiger partial charge in [-0.15, -0.1) is 0 Å². The van der Waals surface area contributed by atoms with Crippen LogP contribution >= 0.6 is 0 Å². The molecule has 0 radical (unpaired) electrons. The molecule has 116 valence electrons. The topological polar surface area (TPSA) is 27.0 Å². The Hall–Kier alpha value is -2.37. The summed E-state index contributed by atoms with van der Waals surface area (Å²) >= 11 is 0. The first kappa shape index (κ1) is 15.5. The Morgan fingerprint density at radius 2 is 1.43 bits per heavy atom. The van der Waals surface area contributed by atoms with Crippen LogP contribution in [0.3, 0.4) is 0 Å². The highest BCUT2D eigenvalue weighted by molar-refractivity contribution is 5.50. The van der Waals surface area contributed by atoms with Crippen molar-refractivity contribution in [3.05, 3.63) is 83.9 Å². The summed E-state index contributed by atoms with van der Waals surface area (Å²) in [6.07, 6.45) is 6.81. The number of allylic oxidation sites excluding steroid dienone is 1. The lowest BCUT2D eigenvalue weighted by molar-refractivity contribution is 0.376. The van der Waals surface area contributed by atoms with Gasteiger partial charge in [0.2, 0.25) is 0 Å². The summed E-state index contributed by atoms with van der Waals surface area (Å²) in [5.41, 5.74) is 1.32. The molecule has 23 heavy (non-hydrogen) atoms. The maximum Gasteiger partial charge on any atom is 0.125 e. The third kappa shape index (κ3) is 3.36. The number of hydrogen-bond donors (Lipinski definition) is 0. The minimum atomic E-state index is -0.720. The van der Waals surface area contributed by atoms with E-state index in [0.717, 1.165) is 17.7 Å². The van der Waals surface area contributed by atoms with Gasteiger partial charge in [0.05, 0.1) is 6.07 Å². The van der Waals surface area contributed by atoms with Gasteiger partial charge in [0.25, 0.3) is 0 Å². The Kier molecular flexibility index (Phi) is 4.90. The number of hydrogen-bond acceptors (Lipinski definition) is 2. The van der Waals surface area contributed by atoms with Crippen molar-refractivity contribution in [3.63, 3.8) is 0 Å². The van der Waals surface area contributed by atoms with Gasteiger partial charge in [0.15, 0.2) is 0 Å². The van der Waals surface area contributed by atoms with Crippen LogP contribution in [0.4, 0.5) is 0 Å². The molecule has 1 saturated heterocycles. The second kappa shape index (κ2) is 7.26. The van der Waals surface area contributed by atoms with Gasteiger partial charge in [-0.25, -0.2) is 0 Å². The highest BCUT2D eigenvalue weighted by atomic mass is 15.1. The second-order valence-corrected chi connectivity index (χ2v) is 6.06. The van der Waals surface area contributed by atoms with Gasteiger partial charge in [-0.1, -0.05) is 72.8 Å². The quantitative estimate of drug-likeness (QED) is 0.776. The van der Waals surface area contributed by atoms with E-state index in [9.17, 15) is 5.26 Å². The van der Waals surface area contributed by atoms with Crippen LogP contribution in [0.5, 0.6) is 0 Å². The van der Waals surface area contributed by atoms with Crippen LogP contribution in [0.15, 0.2) is 72.8 Å². The lowest BCUT2D eigenvalue weighted by Gasteiger charge is -2.25. The number of rotatable bonds is 5. The van der Waals surface area contributed by atoms with Crippen LogP contribution in [0, 0.1) is 11.3 Å². The van der Waals surface area contributed by atoms with E-state index in [1.165, 1.54) is 25.9 Å². The maximum atomic E-state index is 10.1. The molecule has 0 aliphatic carbocycles. The van der Waals surface area contributed by atoms with E-state index in [1.807, 2.05) is 60.7 Å². The molecule has 2 nitrogen and oxygen atoms in total. The average Bonchev–Trinajstić information content (AvgIpc) is 3.14. The van der Waals surface area contributed by atoms with E-state index in [2.05, 4.69) is 23.1 Å². The fourth-order valence-electron chi connectivity index (χ4n) is 3.27. The van der Waals surface area contributed by atoms with Crippen LogP contribution in [0.25, 0.3) is 0 Å². The van der Waals surface area contributed by atoms with Gasteiger partial charge in [0.1, 0.15) is 5.41 Å². The van der Waals surface area contributed by atoms with Crippen LogP contribution in [-0.4, -0.2) is 24.5 Å². The fraction of sp³-hybridized carbons (Fsp3) is 0.286. The Labute approximate surface area is 138 Å². The van der Waals surface area contributed by atoms with Crippen LogP contribution in [0.1, 0.15) is 24.0 Å². The molecular formula is C21H22N2. The summed E-state index contributed by atoms with van der Waals surface area (Å²) in [6, 6.07) is 22.7. The summed E-state index contributed by atoms with van der Waals surface area (Å²) < 4.78 is 0. The lowest BCUT2D eigenvalue weighted by atomic mass is 9.75. The van der Waals surface area contributed by atoms with E-state index in [-0.39, 0.29) is 0 Å². The SMILES string of the molecule is N#CC(/C=C/CN1CCCC1)(c1ccccc1)c1ccccc1. The van der Waals surface area contributed by atoms with Crippen molar-refractivity contribution >= 4 is 0 Å². The Bertz CT molecular complexity index is 637. The predicted molar refractivity (Wildman–Crippen MR) is 94.1 cm³/mol.